The predicted octanol–water partition coefficient (Wildman–Crippen LogP) is 4.27. The molecule has 1 aromatic rings. The molecule has 0 saturated carbocycles. The van der Waals surface area contributed by atoms with Crippen molar-refractivity contribution < 1.29 is 0 Å². The SMILES string of the molecule is Cl/C(=C\Br)c1ccc(Cl)cc1. The maximum atomic E-state index is 5.81. The Morgan fingerprint density at radius 2 is 1.82 bits per heavy atom. The van der Waals surface area contributed by atoms with E-state index in [4.69, 9.17) is 23.2 Å². The molecule has 0 saturated heterocycles. The minimum absolute atomic E-state index is 0.668. The molecule has 0 unspecified atom stereocenters. The molecular weight excluding hydrogens is 247 g/mol. The maximum absolute atomic E-state index is 5.81. The van der Waals surface area contributed by atoms with Crippen LogP contribution < -0.4 is 0 Å². The molecule has 0 bridgehead atoms. The molecule has 0 aliphatic heterocycles. The molecule has 0 amide bonds. The van der Waals surface area contributed by atoms with Crippen LogP contribution in [0, 0.1) is 0 Å². The van der Waals surface area contributed by atoms with Crippen molar-refractivity contribution in [2.45, 2.75) is 0 Å². The van der Waals surface area contributed by atoms with E-state index in [1.54, 1.807) is 17.1 Å². The summed E-state index contributed by atoms with van der Waals surface area (Å²) in [6.07, 6.45) is 0. The molecule has 0 radical (unpaired) electrons. The number of benzene rings is 1. The molecule has 0 aromatic heterocycles. The lowest BCUT2D eigenvalue weighted by molar-refractivity contribution is 1.65. The molecule has 0 heterocycles. The van der Waals surface area contributed by atoms with Gasteiger partial charge in [-0.1, -0.05) is 51.3 Å². The first-order valence-electron chi connectivity index (χ1n) is 2.96. The molecule has 3 heteroatoms. The van der Waals surface area contributed by atoms with Gasteiger partial charge in [-0.25, -0.2) is 0 Å². The normalized spacial score (nSPS) is 11.7. The molecule has 0 aliphatic rings. The molecule has 1 aromatic carbocycles. The Kier molecular flexibility index (Phi) is 3.44. The summed E-state index contributed by atoms with van der Waals surface area (Å²) in [7, 11) is 0. The fourth-order valence-corrected chi connectivity index (χ4v) is 1.19. The summed E-state index contributed by atoms with van der Waals surface area (Å²) >= 11 is 14.6. The zero-order valence-corrected chi connectivity index (χ0v) is 8.62. The minimum Gasteiger partial charge on any atom is -0.0843 e. The number of hydrogen-bond donors (Lipinski definition) is 0. The van der Waals surface area contributed by atoms with Gasteiger partial charge in [-0.3, -0.25) is 0 Å². The van der Waals surface area contributed by atoms with Crippen LogP contribution in [0.1, 0.15) is 5.56 Å². The first-order chi connectivity index (χ1) is 5.24. The summed E-state index contributed by atoms with van der Waals surface area (Å²) < 4.78 is 0. The first-order valence-corrected chi connectivity index (χ1v) is 4.63. The van der Waals surface area contributed by atoms with Crippen molar-refractivity contribution in [2.75, 3.05) is 0 Å². The topological polar surface area (TPSA) is 0 Å². The van der Waals surface area contributed by atoms with E-state index >= 15 is 0 Å². The van der Waals surface area contributed by atoms with E-state index in [1.165, 1.54) is 0 Å². The van der Waals surface area contributed by atoms with E-state index in [0.717, 1.165) is 5.56 Å². The van der Waals surface area contributed by atoms with Crippen LogP contribution in [0.4, 0.5) is 0 Å². The van der Waals surface area contributed by atoms with Crippen molar-refractivity contribution in [2.24, 2.45) is 0 Å². The van der Waals surface area contributed by atoms with Gasteiger partial charge in [0.2, 0.25) is 0 Å². The summed E-state index contributed by atoms with van der Waals surface area (Å²) in [4.78, 5) is 1.66. The predicted molar refractivity (Wildman–Crippen MR) is 54.2 cm³/mol. The molecule has 0 N–H and O–H groups in total. The second-order valence-corrected chi connectivity index (χ2v) is 3.27. The van der Waals surface area contributed by atoms with Crippen LogP contribution in [0.3, 0.4) is 0 Å². The van der Waals surface area contributed by atoms with Crippen LogP contribution in [-0.4, -0.2) is 0 Å². The number of hydrogen-bond acceptors (Lipinski definition) is 0. The summed E-state index contributed by atoms with van der Waals surface area (Å²) in [5.74, 6) is 0. The van der Waals surface area contributed by atoms with Gasteiger partial charge in [-0.2, -0.15) is 0 Å². The van der Waals surface area contributed by atoms with Gasteiger partial charge in [0.1, 0.15) is 0 Å². The second kappa shape index (κ2) is 4.15. The van der Waals surface area contributed by atoms with Gasteiger partial charge in [0.25, 0.3) is 0 Å². The van der Waals surface area contributed by atoms with Crippen LogP contribution in [0.25, 0.3) is 5.03 Å². The molecular formula is C8H5BrCl2. The lowest BCUT2D eigenvalue weighted by atomic mass is 10.2. The average molecular weight is 252 g/mol. The fraction of sp³-hybridized carbons (Fsp3) is 0. The van der Waals surface area contributed by atoms with E-state index in [9.17, 15) is 0 Å². The largest absolute Gasteiger partial charge is 0.0843 e. The van der Waals surface area contributed by atoms with Crippen molar-refractivity contribution in [3.05, 3.63) is 39.8 Å². The Morgan fingerprint density at radius 1 is 1.27 bits per heavy atom. The minimum atomic E-state index is 0.668. The molecule has 0 nitrogen and oxygen atoms in total. The standard InChI is InChI=1S/C8H5BrCl2/c9-5-8(11)6-1-3-7(10)4-2-6/h1-5H/b8-5-. The molecule has 0 aliphatic carbocycles. The lowest BCUT2D eigenvalue weighted by Crippen LogP contribution is -1.73. The Balaban J connectivity index is 2.99. The van der Waals surface area contributed by atoms with Gasteiger partial charge in [-0.05, 0) is 17.7 Å². The quantitative estimate of drug-likeness (QED) is 0.699. The van der Waals surface area contributed by atoms with E-state index in [2.05, 4.69) is 15.9 Å². The fourth-order valence-electron chi connectivity index (χ4n) is 0.672. The van der Waals surface area contributed by atoms with Gasteiger partial charge < -0.3 is 0 Å². The van der Waals surface area contributed by atoms with E-state index in [1.807, 2.05) is 12.1 Å². The van der Waals surface area contributed by atoms with Crippen LogP contribution in [0.5, 0.6) is 0 Å². The third-order valence-corrected chi connectivity index (χ3v) is 2.52. The van der Waals surface area contributed by atoms with Crippen LogP contribution in [-0.2, 0) is 0 Å². The number of halogens is 3. The lowest BCUT2D eigenvalue weighted by Gasteiger charge is -1.96. The highest BCUT2D eigenvalue weighted by molar-refractivity contribution is 9.11. The summed E-state index contributed by atoms with van der Waals surface area (Å²) in [6, 6.07) is 7.33. The van der Waals surface area contributed by atoms with Crippen molar-refractivity contribution >= 4 is 44.2 Å². The van der Waals surface area contributed by atoms with Gasteiger partial charge in [0.15, 0.2) is 0 Å². The molecule has 0 fully saturated rings. The smallest absolute Gasteiger partial charge is 0.0547 e. The van der Waals surface area contributed by atoms with Gasteiger partial charge in [-0.15, -0.1) is 0 Å². The third-order valence-electron chi connectivity index (χ3n) is 1.22. The Hall–Kier alpha value is 0.0200. The molecule has 58 valence electrons. The van der Waals surface area contributed by atoms with Gasteiger partial charge >= 0.3 is 0 Å². The Morgan fingerprint density at radius 3 is 2.27 bits per heavy atom. The third kappa shape index (κ3) is 2.51. The molecule has 0 atom stereocenters. The van der Waals surface area contributed by atoms with E-state index in [0.29, 0.717) is 10.1 Å². The summed E-state index contributed by atoms with van der Waals surface area (Å²) in [6.45, 7) is 0. The highest BCUT2D eigenvalue weighted by Crippen LogP contribution is 2.21. The van der Waals surface area contributed by atoms with Gasteiger partial charge in [0.05, 0.1) is 5.03 Å². The molecule has 11 heavy (non-hydrogen) atoms. The summed E-state index contributed by atoms with van der Waals surface area (Å²) in [5.41, 5.74) is 0.952. The van der Waals surface area contributed by atoms with Gasteiger partial charge in [0, 0.05) is 10.0 Å². The number of rotatable bonds is 1. The second-order valence-electron chi connectivity index (χ2n) is 1.96. The van der Waals surface area contributed by atoms with Crippen LogP contribution >= 0.6 is 39.1 Å². The van der Waals surface area contributed by atoms with Crippen LogP contribution in [0.15, 0.2) is 29.3 Å². The zero-order valence-electron chi connectivity index (χ0n) is 5.52. The Labute approximate surface area is 83.9 Å². The van der Waals surface area contributed by atoms with Crippen molar-refractivity contribution in [1.82, 2.24) is 0 Å². The Bertz CT molecular complexity index is 264. The summed E-state index contributed by atoms with van der Waals surface area (Å²) in [5, 5.41) is 1.38. The maximum Gasteiger partial charge on any atom is 0.0547 e. The van der Waals surface area contributed by atoms with Crippen molar-refractivity contribution in [1.29, 1.82) is 0 Å². The van der Waals surface area contributed by atoms with Crippen molar-refractivity contribution in [3.63, 3.8) is 0 Å². The van der Waals surface area contributed by atoms with Crippen LogP contribution in [0.2, 0.25) is 5.02 Å². The van der Waals surface area contributed by atoms with Crippen molar-refractivity contribution in [3.8, 4) is 0 Å². The average Bonchev–Trinajstić information content (AvgIpc) is 2.05. The molecule has 0 spiro atoms. The first kappa shape index (κ1) is 9.11. The highest BCUT2D eigenvalue weighted by Gasteiger charge is 1.95. The highest BCUT2D eigenvalue weighted by atomic mass is 79.9. The van der Waals surface area contributed by atoms with E-state index in [-0.39, 0.29) is 0 Å². The van der Waals surface area contributed by atoms with E-state index < -0.39 is 0 Å². The monoisotopic (exact) mass is 250 g/mol. The zero-order chi connectivity index (χ0) is 8.27. The molecule has 1 rings (SSSR count).